The molecule has 0 radical (unpaired) electrons. The Balaban J connectivity index is 2.11. The minimum Gasteiger partial charge on any atom is -0.513 e. The molecule has 0 aliphatic heterocycles. The van der Waals surface area contributed by atoms with Crippen LogP contribution in [0.5, 0.6) is 0 Å². The molecule has 0 amide bonds. The molecular formula is C13H13FO2. The van der Waals surface area contributed by atoms with Crippen molar-refractivity contribution in [3.05, 3.63) is 47.5 Å². The molecule has 1 aromatic carbocycles. The van der Waals surface area contributed by atoms with Gasteiger partial charge in [0.1, 0.15) is 11.6 Å². The summed E-state index contributed by atoms with van der Waals surface area (Å²) in [6.45, 7) is 0. The average Bonchev–Trinajstić information content (AvgIpc) is 2.27. The molecule has 0 saturated heterocycles. The monoisotopic (exact) mass is 220 g/mol. The van der Waals surface area contributed by atoms with Crippen LogP contribution in [0, 0.1) is 11.7 Å². The smallest absolute Gasteiger partial charge is 0.140 e. The predicted octanol–water partition coefficient (Wildman–Crippen LogP) is 2.79. The van der Waals surface area contributed by atoms with E-state index in [-0.39, 0.29) is 23.3 Å². The van der Waals surface area contributed by atoms with Gasteiger partial charge in [-0.25, -0.2) is 4.39 Å². The Labute approximate surface area is 93.4 Å². The largest absolute Gasteiger partial charge is 0.513 e. The standard InChI is InChI=1S/C13H13FO2/c14-11-3-1-9(2-4-11)7-10-8-12(15)5-6-13(10)16/h1-4,8,10,15H,5-7H2. The maximum Gasteiger partial charge on any atom is 0.140 e. The summed E-state index contributed by atoms with van der Waals surface area (Å²) in [4.78, 5) is 11.6. The molecule has 1 aromatic rings. The number of ketones is 1. The van der Waals surface area contributed by atoms with Crippen LogP contribution in [0.3, 0.4) is 0 Å². The SMILES string of the molecule is O=C1CCC(O)=CC1Cc1ccc(F)cc1. The van der Waals surface area contributed by atoms with Crippen molar-refractivity contribution in [3.63, 3.8) is 0 Å². The molecule has 0 aromatic heterocycles. The second-order valence-electron chi connectivity index (χ2n) is 4.06. The number of hydrogen-bond donors (Lipinski definition) is 1. The molecule has 16 heavy (non-hydrogen) atoms. The Hall–Kier alpha value is -1.64. The minimum absolute atomic E-state index is 0.141. The van der Waals surface area contributed by atoms with Gasteiger partial charge in [-0.3, -0.25) is 4.79 Å². The molecule has 1 aliphatic carbocycles. The summed E-state index contributed by atoms with van der Waals surface area (Å²) in [5.74, 6) is -0.120. The van der Waals surface area contributed by atoms with Crippen LogP contribution in [0.4, 0.5) is 4.39 Å². The lowest BCUT2D eigenvalue weighted by atomic mass is 9.88. The van der Waals surface area contributed by atoms with Crippen molar-refractivity contribution in [3.8, 4) is 0 Å². The van der Waals surface area contributed by atoms with E-state index < -0.39 is 0 Å². The van der Waals surface area contributed by atoms with Crippen LogP contribution in [0.1, 0.15) is 18.4 Å². The third-order valence-electron chi connectivity index (χ3n) is 2.80. The van der Waals surface area contributed by atoms with Gasteiger partial charge in [-0.1, -0.05) is 12.1 Å². The molecule has 0 spiro atoms. The van der Waals surface area contributed by atoms with Crippen molar-refractivity contribution in [1.82, 2.24) is 0 Å². The Morgan fingerprint density at radius 1 is 1.25 bits per heavy atom. The quantitative estimate of drug-likeness (QED) is 0.832. The van der Waals surface area contributed by atoms with Crippen molar-refractivity contribution in [1.29, 1.82) is 0 Å². The molecule has 0 bridgehead atoms. The Kier molecular flexibility index (Phi) is 3.04. The van der Waals surface area contributed by atoms with Gasteiger partial charge in [0.15, 0.2) is 0 Å². The van der Waals surface area contributed by atoms with Gasteiger partial charge in [-0.15, -0.1) is 0 Å². The van der Waals surface area contributed by atoms with Crippen LogP contribution in [-0.4, -0.2) is 10.9 Å². The summed E-state index contributed by atoms with van der Waals surface area (Å²) in [5, 5.41) is 9.37. The van der Waals surface area contributed by atoms with Gasteiger partial charge in [-0.05, 0) is 30.2 Å². The zero-order valence-electron chi connectivity index (χ0n) is 8.82. The lowest BCUT2D eigenvalue weighted by Crippen LogP contribution is -2.19. The maximum atomic E-state index is 12.7. The predicted molar refractivity (Wildman–Crippen MR) is 58.5 cm³/mol. The summed E-state index contributed by atoms with van der Waals surface area (Å²) in [6, 6.07) is 6.10. The number of halogens is 1. The van der Waals surface area contributed by atoms with Crippen LogP contribution in [0.2, 0.25) is 0 Å². The lowest BCUT2D eigenvalue weighted by Gasteiger charge is -2.17. The fourth-order valence-electron chi connectivity index (χ4n) is 1.89. The second kappa shape index (κ2) is 4.47. The van der Waals surface area contributed by atoms with E-state index >= 15 is 0 Å². The minimum atomic E-state index is -0.280. The zero-order valence-corrected chi connectivity index (χ0v) is 8.82. The molecule has 1 unspecified atom stereocenters. The Bertz CT molecular complexity index is 420. The third-order valence-corrected chi connectivity index (χ3v) is 2.80. The number of benzene rings is 1. The van der Waals surface area contributed by atoms with Crippen LogP contribution >= 0.6 is 0 Å². The maximum absolute atomic E-state index is 12.7. The van der Waals surface area contributed by atoms with Crippen LogP contribution in [-0.2, 0) is 11.2 Å². The summed E-state index contributed by atoms with van der Waals surface area (Å²) >= 11 is 0. The van der Waals surface area contributed by atoms with E-state index in [2.05, 4.69) is 0 Å². The highest BCUT2D eigenvalue weighted by atomic mass is 19.1. The molecule has 84 valence electrons. The molecule has 1 aliphatic rings. The Morgan fingerprint density at radius 2 is 1.94 bits per heavy atom. The van der Waals surface area contributed by atoms with E-state index in [4.69, 9.17) is 0 Å². The average molecular weight is 220 g/mol. The molecule has 1 atom stereocenters. The van der Waals surface area contributed by atoms with Gasteiger partial charge >= 0.3 is 0 Å². The summed E-state index contributed by atoms with van der Waals surface area (Å²) in [5.41, 5.74) is 0.908. The number of carbonyl (C=O) groups excluding carboxylic acids is 1. The first-order chi connectivity index (χ1) is 7.65. The highest BCUT2D eigenvalue weighted by molar-refractivity contribution is 5.84. The molecule has 3 heteroatoms. The highest BCUT2D eigenvalue weighted by Gasteiger charge is 2.21. The molecule has 2 nitrogen and oxygen atoms in total. The first kappa shape index (κ1) is 10.9. The van der Waals surface area contributed by atoms with Gasteiger partial charge in [-0.2, -0.15) is 0 Å². The summed E-state index contributed by atoms with van der Waals surface area (Å²) in [6.07, 6.45) is 2.98. The topological polar surface area (TPSA) is 37.3 Å². The number of rotatable bonds is 2. The van der Waals surface area contributed by atoms with Gasteiger partial charge in [0, 0.05) is 18.8 Å². The molecule has 2 rings (SSSR count). The normalized spacial score (nSPS) is 20.7. The second-order valence-corrected chi connectivity index (χ2v) is 4.06. The fourth-order valence-corrected chi connectivity index (χ4v) is 1.89. The first-order valence-electron chi connectivity index (χ1n) is 5.32. The van der Waals surface area contributed by atoms with Crippen molar-refractivity contribution >= 4 is 5.78 Å². The van der Waals surface area contributed by atoms with Crippen molar-refractivity contribution in [2.75, 3.05) is 0 Å². The van der Waals surface area contributed by atoms with E-state index in [0.29, 0.717) is 19.3 Å². The molecule has 0 heterocycles. The lowest BCUT2D eigenvalue weighted by molar-refractivity contribution is -0.122. The summed E-state index contributed by atoms with van der Waals surface area (Å²) < 4.78 is 12.7. The number of Topliss-reactive ketones (excluding diaryl/α,β-unsaturated/α-hetero) is 1. The van der Waals surface area contributed by atoms with Crippen molar-refractivity contribution in [2.24, 2.45) is 5.92 Å². The van der Waals surface area contributed by atoms with E-state index in [0.717, 1.165) is 5.56 Å². The zero-order chi connectivity index (χ0) is 11.5. The highest BCUT2D eigenvalue weighted by Crippen LogP contribution is 2.21. The van der Waals surface area contributed by atoms with Crippen LogP contribution in [0.15, 0.2) is 36.1 Å². The number of hydrogen-bond acceptors (Lipinski definition) is 2. The summed E-state index contributed by atoms with van der Waals surface area (Å²) in [7, 11) is 0. The first-order valence-corrected chi connectivity index (χ1v) is 5.32. The van der Waals surface area contributed by atoms with Gasteiger partial charge in [0.25, 0.3) is 0 Å². The number of aliphatic hydroxyl groups excluding tert-OH is 1. The number of aliphatic hydroxyl groups is 1. The Morgan fingerprint density at radius 3 is 2.62 bits per heavy atom. The fraction of sp³-hybridized carbons (Fsp3) is 0.308. The molecule has 0 fully saturated rings. The number of allylic oxidation sites excluding steroid dienone is 2. The number of carbonyl (C=O) groups is 1. The van der Waals surface area contributed by atoms with Gasteiger partial charge in [0.2, 0.25) is 0 Å². The van der Waals surface area contributed by atoms with E-state index in [1.807, 2.05) is 0 Å². The van der Waals surface area contributed by atoms with Crippen LogP contribution < -0.4 is 0 Å². The van der Waals surface area contributed by atoms with Crippen LogP contribution in [0.25, 0.3) is 0 Å². The molecular weight excluding hydrogens is 207 g/mol. The molecule has 0 saturated carbocycles. The van der Waals surface area contributed by atoms with E-state index in [9.17, 15) is 14.3 Å². The van der Waals surface area contributed by atoms with E-state index in [1.165, 1.54) is 12.1 Å². The van der Waals surface area contributed by atoms with Gasteiger partial charge in [0.05, 0.1) is 5.76 Å². The van der Waals surface area contributed by atoms with E-state index in [1.54, 1.807) is 18.2 Å². The van der Waals surface area contributed by atoms with Crippen molar-refractivity contribution < 1.29 is 14.3 Å². The van der Waals surface area contributed by atoms with Crippen molar-refractivity contribution in [2.45, 2.75) is 19.3 Å². The van der Waals surface area contributed by atoms with Gasteiger partial charge < -0.3 is 5.11 Å². The third kappa shape index (κ3) is 2.48. The molecule has 1 N–H and O–H groups in total.